The Morgan fingerprint density at radius 3 is 2.27 bits per heavy atom. The highest BCUT2D eigenvalue weighted by Crippen LogP contribution is 2.31. The largest absolute Gasteiger partial charge is 0.0827 e. The molecule has 0 spiro atoms. The molecule has 1 radical (unpaired) electrons. The lowest BCUT2D eigenvalue weighted by Crippen LogP contribution is -1.78. The standard InChI is InChI=1S/C8H2Cl3/c1-2-5-3-4-6(9)8(11)7(5)10/h3-4H. The topological polar surface area (TPSA) is 0 Å². The van der Waals surface area contributed by atoms with Gasteiger partial charge in [-0.3, -0.25) is 0 Å². The van der Waals surface area contributed by atoms with E-state index in [1.54, 1.807) is 12.1 Å². The van der Waals surface area contributed by atoms with Gasteiger partial charge in [0.05, 0.1) is 15.1 Å². The third-order valence-corrected chi connectivity index (χ3v) is 2.46. The first-order valence-corrected chi connectivity index (χ1v) is 3.86. The van der Waals surface area contributed by atoms with E-state index in [0.29, 0.717) is 10.6 Å². The highest BCUT2D eigenvalue weighted by Gasteiger charge is 2.05. The van der Waals surface area contributed by atoms with Crippen LogP contribution in [0.15, 0.2) is 12.1 Å². The lowest BCUT2D eigenvalue weighted by Gasteiger charge is -1.99. The monoisotopic (exact) mass is 203 g/mol. The van der Waals surface area contributed by atoms with Crippen LogP contribution >= 0.6 is 34.8 Å². The number of hydrogen-bond acceptors (Lipinski definition) is 0. The molecule has 1 aromatic carbocycles. The maximum Gasteiger partial charge on any atom is 0.0791 e. The normalized spacial score (nSPS) is 9.27. The summed E-state index contributed by atoms with van der Waals surface area (Å²) in [5.74, 6) is 2.14. The van der Waals surface area contributed by atoms with Gasteiger partial charge in [-0.05, 0) is 18.6 Å². The van der Waals surface area contributed by atoms with Crippen LogP contribution in [0.2, 0.25) is 15.1 Å². The van der Waals surface area contributed by atoms with Crippen LogP contribution in [0.1, 0.15) is 5.56 Å². The molecule has 0 nitrogen and oxygen atoms in total. The summed E-state index contributed by atoms with van der Waals surface area (Å²) in [7, 11) is 0. The molecule has 0 aromatic heterocycles. The highest BCUT2D eigenvalue weighted by atomic mass is 35.5. The molecule has 0 fully saturated rings. The van der Waals surface area contributed by atoms with Crippen LogP contribution in [0.3, 0.4) is 0 Å². The highest BCUT2D eigenvalue weighted by molar-refractivity contribution is 6.48. The molecule has 0 saturated carbocycles. The zero-order valence-corrected chi connectivity index (χ0v) is 7.56. The van der Waals surface area contributed by atoms with Crippen molar-refractivity contribution in [2.45, 2.75) is 0 Å². The van der Waals surface area contributed by atoms with Crippen molar-refractivity contribution in [2.75, 3.05) is 0 Å². The number of rotatable bonds is 0. The molecule has 11 heavy (non-hydrogen) atoms. The average Bonchev–Trinajstić information content (AvgIpc) is 2.01. The minimum absolute atomic E-state index is 0.269. The second kappa shape index (κ2) is 3.36. The van der Waals surface area contributed by atoms with Crippen molar-refractivity contribution in [3.8, 4) is 5.92 Å². The Kier molecular flexibility index (Phi) is 2.67. The summed E-state index contributed by atoms with van der Waals surface area (Å²) in [6.07, 6.45) is 6.82. The summed E-state index contributed by atoms with van der Waals surface area (Å²) in [5.41, 5.74) is 0.445. The van der Waals surface area contributed by atoms with Crippen LogP contribution in [-0.4, -0.2) is 0 Å². The zero-order chi connectivity index (χ0) is 8.43. The van der Waals surface area contributed by atoms with Gasteiger partial charge in [0.2, 0.25) is 0 Å². The van der Waals surface area contributed by atoms with E-state index in [-0.39, 0.29) is 10.0 Å². The fraction of sp³-hybridized carbons (Fsp3) is 0. The molecular weight excluding hydrogens is 202 g/mol. The van der Waals surface area contributed by atoms with E-state index in [9.17, 15) is 0 Å². The van der Waals surface area contributed by atoms with Crippen molar-refractivity contribution in [1.29, 1.82) is 0 Å². The Balaban J connectivity index is 3.40. The van der Waals surface area contributed by atoms with Crippen LogP contribution < -0.4 is 0 Å². The Morgan fingerprint density at radius 2 is 1.73 bits per heavy atom. The van der Waals surface area contributed by atoms with Crippen molar-refractivity contribution >= 4 is 34.8 Å². The maximum atomic E-state index is 6.82. The van der Waals surface area contributed by atoms with Gasteiger partial charge in [0.1, 0.15) is 0 Å². The van der Waals surface area contributed by atoms with Gasteiger partial charge in [-0.1, -0.05) is 40.7 Å². The number of benzene rings is 1. The van der Waals surface area contributed by atoms with Gasteiger partial charge in [-0.25, -0.2) is 0 Å². The summed E-state index contributed by atoms with van der Waals surface area (Å²) >= 11 is 17.0. The number of hydrogen-bond donors (Lipinski definition) is 0. The van der Waals surface area contributed by atoms with Crippen LogP contribution in [0.25, 0.3) is 0 Å². The van der Waals surface area contributed by atoms with E-state index in [0.717, 1.165) is 0 Å². The molecule has 0 heterocycles. The SMILES string of the molecule is [C]#Cc1ccc(Cl)c(Cl)c1Cl. The number of halogens is 3. The Hall–Kier alpha value is -0.350. The second-order valence-corrected chi connectivity index (χ2v) is 3.01. The van der Waals surface area contributed by atoms with Gasteiger partial charge in [-0.2, -0.15) is 0 Å². The first-order valence-electron chi connectivity index (χ1n) is 2.73. The van der Waals surface area contributed by atoms with E-state index in [2.05, 4.69) is 5.92 Å². The average molecular weight is 204 g/mol. The summed E-state index contributed by atoms with van der Waals surface area (Å²) in [6, 6.07) is 3.16. The van der Waals surface area contributed by atoms with Gasteiger partial charge in [0.15, 0.2) is 0 Å². The quantitative estimate of drug-likeness (QED) is 0.448. The van der Waals surface area contributed by atoms with Crippen molar-refractivity contribution in [2.24, 2.45) is 0 Å². The minimum Gasteiger partial charge on any atom is -0.0827 e. The lowest BCUT2D eigenvalue weighted by molar-refractivity contribution is 1.64. The van der Waals surface area contributed by atoms with Crippen molar-refractivity contribution in [3.63, 3.8) is 0 Å². The van der Waals surface area contributed by atoms with E-state index in [1.165, 1.54) is 0 Å². The Morgan fingerprint density at radius 1 is 1.09 bits per heavy atom. The van der Waals surface area contributed by atoms with Crippen molar-refractivity contribution < 1.29 is 0 Å². The third kappa shape index (κ3) is 1.62. The first-order chi connectivity index (χ1) is 5.16. The molecule has 0 aliphatic carbocycles. The molecule has 0 amide bonds. The first kappa shape index (κ1) is 8.74. The van der Waals surface area contributed by atoms with E-state index >= 15 is 0 Å². The molecule has 0 saturated heterocycles. The molecule has 0 aliphatic rings. The molecule has 3 heteroatoms. The van der Waals surface area contributed by atoms with Gasteiger partial charge in [0, 0.05) is 5.56 Å². The van der Waals surface area contributed by atoms with Gasteiger partial charge in [0.25, 0.3) is 0 Å². The third-order valence-electron chi connectivity index (χ3n) is 1.17. The summed E-state index contributed by atoms with van der Waals surface area (Å²) in [4.78, 5) is 0. The van der Waals surface area contributed by atoms with Crippen molar-refractivity contribution in [3.05, 3.63) is 39.2 Å². The molecule has 0 N–H and O–H groups in total. The maximum absolute atomic E-state index is 6.82. The lowest BCUT2D eigenvalue weighted by atomic mass is 10.2. The van der Waals surface area contributed by atoms with Crippen molar-refractivity contribution in [1.82, 2.24) is 0 Å². The van der Waals surface area contributed by atoms with Crippen LogP contribution in [0.4, 0.5) is 0 Å². The predicted molar refractivity (Wildman–Crippen MR) is 47.7 cm³/mol. The van der Waals surface area contributed by atoms with Gasteiger partial charge < -0.3 is 0 Å². The molecule has 0 bridgehead atoms. The molecule has 1 rings (SSSR count). The van der Waals surface area contributed by atoms with Crippen LogP contribution in [0, 0.1) is 12.3 Å². The molecule has 0 aliphatic heterocycles. The smallest absolute Gasteiger partial charge is 0.0791 e. The Labute approximate surface area is 80.1 Å². The van der Waals surface area contributed by atoms with Gasteiger partial charge >= 0.3 is 0 Å². The zero-order valence-electron chi connectivity index (χ0n) is 5.29. The Bertz CT molecular complexity index is 323. The molecule has 1 aromatic rings. The molecule has 0 atom stereocenters. The fourth-order valence-electron chi connectivity index (χ4n) is 0.622. The fourth-order valence-corrected chi connectivity index (χ4v) is 1.21. The molecule has 55 valence electrons. The van der Waals surface area contributed by atoms with Crippen LogP contribution in [0.5, 0.6) is 0 Å². The van der Waals surface area contributed by atoms with E-state index < -0.39 is 0 Å². The predicted octanol–water partition coefficient (Wildman–Crippen LogP) is 3.58. The van der Waals surface area contributed by atoms with E-state index in [4.69, 9.17) is 41.2 Å². The summed E-state index contributed by atoms with van der Waals surface area (Å²) in [6.45, 7) is 0. The summed E-state index contributed by atoms with van der Waals surface area (Å²) < 4.78 is 0. The van der Waals surface area contributed by atoms with E-state index in [1.807, 2.05) is 0 Å². The van der Waals surface area contributed by atoms with Crippen LogP contribution in [-0.2, 0) is 0 Å². The molecular formula is C8H2Cl3. The minimum atomic E-state index is 0.269. The summed E-state index contributed by atoms with van der Waals surface area (Å²) in [5, 5.41) is 0.926. The van der Waals surface area contributed by atoms with Gasteiger partial charge in [-0.15, -0.1) is 0 Å². The molecule has 0 unspecified atom stereocenters. The second-order valence-electron chi connectivity index (χ2n) is 1.85.